The van der Waals surface area contributed by atoms with E-state index in [1.54, 1.807) is 0 Å². The summed E-state index contributed by atoms with van der Waals surface area (Å²) in [5.41, 5.74) is 0.586. The number of halogens is 3. The Hall–Kier alpha value is 0.880. The SMILES string of the molecule is CC(=O)c1cc(O)c(I)c(I)c1I. The molecule has 0 bridgehead atoms. The molecule has 0 unspecified atom stereocenters. The molecule has 0 amide bonds. The van der Waals surface area contributed by atoms with Gasteiger partial charge in [0, 0.05) is 12.7 Å². The smallest absolute Gasteiger partial charge is 0.161 e. The fourth-order valence-electron chi connectivity index (χ4n) is 0.847. The number of hydrogen-bond donors (Lipinski definition) is 1. The molecule has 0 aliphatic heterocycles. The van der Waals surface area contributed by atoms with Gasteiger partial charge in [0.15, 0.2) is 5.78 Å². The molecule has 0 saturated heterocycles. The van der Waals surface area contributed by atoms with Crippen molar-refractivity contribution in [1.29, 1.82) is 0 Å². The zero-order chi connectivity index (χ0) is 10.2. The van der Waals surface area contributed by atoms with E-state index in [2.05, 4.69) is 67.8 Å². The van der Waals surface area contributed by atoms with Crippen LogP contribution in [-0.2, 0) is 0 Å². The fourth-order valence-corrected chi connectivity index (χ4v) is 3.16. The lowest BCUT2D eigenvalue weighted by Gasteiger charge is -2.06. The molecule has 0 aliphatic rings. The summed E-state index contributed by atoms with van der Waals surface area (Å²) < 4.78 is 2.64. The second-order valence-electron chi connectivity index (χ2n) is 2.44. The van der Waals surface area contributed by atoms with Crippen LogP contribution in [0.1, 0.15) is 17.3 Å². The van der Waals surface area contributed by atoms with Crippen LogP contribution in [0, 0.1) is 10.7 Å². The number of rotatable bonds is 1. The summed E-state index contributed by atoms with van der Waals surface area (Å²) in [5.74, 6) is 0.157. The Labute approximate surface area is 117 Å². The molecule has 0 spiro atoms. The van der Waals surface area contributed by atoms with Crippen LogP contribution in [0.2, 0.25) is 0 Å². The molecule has 0 fully saturated rings. The highest BCUT2D eigenvalue weighted by Gasteiger charge is 2.14. The van der Waals surface area contributed by atoms with Crippen LogP contribution >= 0.6 is 67.8 Å². The molecule has 5 heteroatoms. The first-order valence-electron chi connectivity index (χ1n) is 3.32. The molecular weight excluding hydrogens is 509 g/mol. The molecular formula is C8H5I3O2. The van der Waals surface area contributed by atoms with Crippen molar-refractivity contribution in [2.24, 2.45) is 0 Å². The maximum absolute atomic E-state index is 11.2. The van der Waals surface area contributed by atoms with Gasteiger partial charge >= 0.3 is 0 Å². The van der Waals surface area contributed by atoms with E-state index >= 15 is 0 Å². The summed E-state index contributed by atoms with van der Waals surface area (Å²) in [4.78, 5) is 11.2. The molecule has 0 saturated carbocycles. The van der Waals surface area contributed by atoms with Crippen LogP contribution in [0.3, 0.4) is 0 Å². The lowest BCUT2D eigenvalue weighted by atomic mass is 10.1. The van der Waals surface area contributed by atoms with Crippen molar-refractivity contribution in [3.63, 3.8) is 0 Å². The monoisotopic (exact) mass is 514 g/mol. The van der Waals surface area contributed by atoms with Gasteiger partial charge in [-0.3, -0.25) is 4.79 Å². The van der Waals surface area contributed by atoms with Gasteiger partial charge in [-0.2, -0.15) is 0 Å². The Bertz CT molecular complexity index is 374. The third-order valence-corrected chi connectivity index (χ3v) is 6.86. The first kappa shape index (κ1) is 12.0. The summed E-state index contributed by atoms with van der Waals surface area (Å²) in [7, 11) is 0. The van der Waals surface area contributed by atoms with Crippen molar-refractivity contribution in [1.82, 2.24) is 0 Å². The summed E-state index contributed by atoms with van der Waals surface area (Å²) in [6, 6.07) is 1.52. The number of carbonyl (C=O) groups excluding carboxylic acids is 1. The summed E-state index contributed by atoms with van der Waals surface area (Å²) >= 11 is 6.31. The van der Waals surface area contributed by atoms with Gasteiger partial charge < -0.3 is 5.11 Å². The second-order valence-corrected chi connectivity index (χ2v) is 5.68. The van der Waals surface area contributed by atoms with Crippen LogP contribution < -0.4 is 0 Å². The van der Waals surface area contributed by atoms with Gasteiger partial charge in [0.2, 0.25) is 0 Å². The number of benzene rings is 1. The molecule has 2 nitrogen and oxygen atoms in total. The number of Topliss-reactive ketones (excluding diaryl/α,β-unsaturated/α-hetero) is 1. The second kappa shape index (κ2) is 4.60. The number of hydrogen-bond acceptors (Lipinski definition) is 2. The van der Waals surface area contributed by atoms with E-state index < -0.39 is 0 Å². The molecule has 1 rings (SSSR count). The van der Waals surface area contributed by atoms with E-state index in [9.17, 15) is 9.90 Å². The first-order valence-corrected chi connectivity index (χ1v) is 6.56. The predicted octanol–water partition coefficient (Wildman–Crippen LogP) is 3.41. The Kier molecular flexibility index (Phi) is 4.23. The molecule has 1 aromatic carbocycles. The minimum atomic E-state index is -0.0194. The first-order chi connectivity index (χ1) is 5.95. The molecule has 0 heterocycles. The van der Waals surface area contributed by atoms with Crippen molar-refractivity contribution in [3.8, 4) is 5.75 Å². The average Bonchev–Trinajstić information content (AvgIpc) is 2.07. The Morgan fingerprint density at radius 2 is 1.77 bits per heavy atom. The minimum Gasteiger partial charge on any atom is -0.507 e. The van der Waals surface area contributed by atoms with Crippen LogP contribution in [-0.4, -0.2) is 10.9 Å². The maximum atomic E-state index is 11.2. The molecule has 13 heavy (non-hydrogen) atoms. The van der Waals surface area contributed by atoms with Crippen molar-refractivity contribution in [2.75, 3.05) is 0 Å². The van der Waals surface area contributed by atoms with E-state index in [0.29, 0.717) is 5.56 Å². The zero-order valence-corrected chi connectivity index (χ0v) is 13.0. The maximum Gasteiger partial charge on any atom is 0.161 e. The highest BCUT2D eigenvalue weighted by Crippen LogP contribution is 2.31. The van der Waals surface area contributed by atoms with E-state index in [4.69, 9.17) is 0 Å². The van der Waals surface area contributed by atoms with Gasteiger partial charge in [-0.15, -0.1) is 0 Å². The molecule has 0 aliphatic carbocycles. The number of aromatic hydroxyl groups is 1. The molecule has 1 aromatic rings. The highest BCUT2D eigenvalue weighted by atomic mass is 127. The van der Waals surface area contributed by atoms with E-state index in [0.717, 1.165) is 10.7 Å². The standard InChI is InChI=1S/C8H5I3O2/c1-3(12)4-2-5(13)7(10)8(11)6(4)9/h2,13H,1H3. The highest BCUT2D eigenvalue weighted by molar-refractivity contribution is 14.1. The van der Waals surface area contributed by atoms with Gasteiger partial charge in [0.25, 0.3) is 0 Å². The molecule has 70 valence electrons. The quantitative estimate of drug-likeness (QED) is 0.355. The van der Waals surface area contributed by atoms with Crippen molar-refractivity contribution in [2.45, 2.75) is 6.92 Å². The molecule has 1 N–H and O–H groups in total. The van der Waals surface area contributed by atoms with Crippen LogP contribution in [0.5, 0.6) is 5.75 Å². The number of ketones is 1. The summed E-state index contributed by atoms with van der Waals surface area (Å²) in [5, 5.41) is 9.49. The van der Waals surface area contributed by atoms with Gasteiger partial charge in [-0.05, 0) is 80.8 Å². The molecule has 0 atom stereocenters. The molecule has 0 radical (unpaired) electrons. The predicted molar refractivity (Wildman–Crippen MR) is 76.3 cm³/mol. The Balaban J connectivity index is 3.50. The van der Waals surface area contributed by atoms with Crippen LogP contribution in [0.15, 0.2) is 6.07 Å². The number of phenols is 1. The third-order valence-electron chi connectivity index (χ3n) is 1.51. The Morgan fingerprint density at radius 1 is 1.23 bits per heavy atom. The lowest BCUT2D eigenvalue weighted by Crippen LogP contribution is -2.00. The van der Waals surface area contributed by atoms with Crippen LogP contribution in [0.4, 0.5) is 0 Å². The summed E-state index contributed by atoms with van der Waals surface area (Å²) in [6.07, 6.45) is 0. The van der Waals surface area contributed by atoms with Gasteiger partial charge in [-0.25, -0.2) is 0 Å². The average molecular weight is 514 g/mol. The van der Waals surface area contributed by atoms with Gasteiger partial charge in [0.05, 0.1) is 3.57 Å². The summed E-state index contributed by atoms with van der Waals surface area (Å²) in [6.45, 7) is 1.50. The Morgan fingerprint density at radius 3 is 2.23 bits per heavy atom. The van der Waals surface area contributed by atoms with E-state index in [1.807, 2.05) is 0 Å². The normalized spacial score (nSPS) is 10.2. The van der Waals surface area contributed by atoms with E-state index in [-0.39, 0.29) is 11.5 Å². The third kappa shape index (κ3) is 2.46. The van der Waals surface area contributed by atoms with Crippen LogP contribution in [0.25, 0.3) is 0 Å². The minimum absolute atomic E-state index is 0.0194. The van der Waals surface area contributed by atoms with Crippen molar-refractivity contribution >= 4 is 73.6 Å². The lowest BCUT2D eigenvalue weighted by molar-refractivity contribution is 0.101. The van der Waals surface area contributed by atoms with Crippen molar-refractivity contribution in [3.05, 3.63) is 22.3 Å². The largest absolute Gasteiger partial charge is 0.507 e. The van der Waals surface area contributed by atoms with Gasteiger partial charge in [-0.1, -0.05) is 0 Å². The fraction of sp³-hybridized carbons (Fsp3) is 0.125. The number of phenolic OH excluding ortho intramolecular Hbond substituents is 1. The topological polar surface area (TPSA) is 37.3 Å². The van der Waals surface area contributed by atoms with Gasteiger partial charge in [0.1, 0.15) is 5.75 Å². The van der Waals surface area contributed by atoms with Crippen molar-refractivity contribution < 1.29 is 9.90 Å². The zero-order valence-electron chi connectivity index (χ0n) is 6.57. The van der Waals surface area contributed by atoms with E-state index in [1.165, 1.54) is 13.0 Å². The molecule has 0 aromatic heterocycles. The number of carbonyl (C=O) groups is 1.